The quantitative estimate of drug-likeness (QED) is 0.616. The predicted molar refractivity (Wildman–Crippen MR) is 72.1 cm³/mol. The van der Waals surface area contributed by atoms with Crippen LogP contribution in [0, 0.1) is 30.4 Å². The number of fused-ring (bicyclic) bond motifs is 1. The van der Waals surface area contributed by atoms with Gasteiger partial charge in [0.05, 0.1) is 25.0 Å². The number of hydrogen-bond acceptors (Lipinski definition) is 3. The lowest BCUT2D eigenvalue weighted by Crippen LogP contribution is -2.27. The van der Waals surface area contributed by atoms with E-state index < -0.39 is 54.0 Å². The molecule has 2 fully saturated rings. The van der Waals surface area contributed by atoms with Crippen LogP contribution in [0.2, 0.25) is 0 Å². The highest BCUT2D eigenvalue weighted by atomic mass is 19.3. The van der Waals surface area contributed by atoms with Crippen LogP contribution in [0.4, 0.5) is 17.6 Å². The van der Waals surface area contributed by atoms with Crippen LogP contribution in [0.3, 0.4) is 0 Å². The van der Waals surface area contributed by atoms with Crippen molar-refractivity contribution in [2.24, 2.45) is 11.8 Å². The first kappa shape index (κ1) is 16.2. The van der Waals surface area contributed by atoms with Gasteiger partial charge in [-0.2, -0.15) is 0 Å². The first-order valence-electron chi connectivity index (χ1n) is 7.29. The third-order valence-corrected chi connectivity index (χ3v) is 4.95. The number of ether oxygens (including phenoxy) is 2. The number of halogens is 4. The zero-order valence-corrected chi connectivity index (χ0v) is 12.6. The van der Waals surface area contributed by atoms with Crippen LogP contribution < -0.4 is 0 Å². The van der Waals surface area contributed by atoms with Gasteiger partial charge in [0.1, 0.15) is 6.61 Å². The van der Waals surface area contributed by atoms with Crippen LogP contribution in [0.5, 0.6) is 0 Å². The summed E-state index contributed by atoms with van der Waals surface area (Å²) in [4.78, 5) is 12.0. The molecule has 0 radical (unpaired) electrons. The molecule has 4 atom stereocenters. The number of carbonyl (C=O) groups is 1. The van der Waals surface area contributed by atoms with Crippen LogP contribution in [0.1, 0.15) is 23.5 Å². The van der Waals surface area contributed by atoms with Crippen molar-refractivity contribution in [2.45, 2.75) is 31.3 Å². The lowest BCUT2D eigenvalue weighted by molar-refractivity contribution is -0.147. The second kappa shape index (κ2) is 5.47. The zero-order chi connectivity index (χ0) is 16.9. The van der Waals surface area contributed by atoms with Gasteiger partial charge in [0.2, 0.25) is 0 Å². The first-order chi connectivity index (χ1) is 10.8. The largest absolute Gasteiger partial charge is 0.469 e. The van der Waals surface area contributed by atoms with E-state index in [1.54, 1.807) is 0 Å². The van der Waals surface area contributed by atoms with Gasteiger partial charge in [-0.05, 0) is 30.5 Å². The molecule has 23 heavy (non-hydrogen) atoms. The minimum Gasteiger partial charge on any atom is -0.469 e. The highest BCUT2D eigenvalue weighted by molar-refractivity contribution is 5.74. The number of alkyl halides is 2. The lowest BCUT2D eigenvalue weighted by atomic mass is 9.84. The van der Waals surface area contributed by atoms with Gasteiger partial charge < -0.3 is 9.47 Å². The molecule has 1 aliphatic carbocycles. The topological polar surface area (TPSA) is 35.5 Å². The molecular weight excluding hydrogens is 316 g/mol. The van der Waals surface area contributed by atoms with Crippen molar-refractivity contribution < 1.29 is 31.8 Å². The Kier molecular flexibility index (Phi) is 3.86. The van der Waals surface area contributed by atoms with Gasteiger partial charge >= 0.3 is 5.97 Å². The molecule has 0 amide bonds. The Balaban J connectivity index is 2.07. The molecule has 1 heterocycles. The molecule has 3 nitrogen and oxygen atoms in total. The van der Waals surface area contributed by atoms with Crippen molar-refractivity contribution in [3.8, 4) is 0 Å². The molecule has 1 aliphatic heterocycles. The summed E-state index contributed by atoms with van der Waals surface area (Å²) in [5, 5.41) is 0. The van der Waals surface area contributed by atoms with Gasteiger partial charge in [-0.15, -0.1) is 0 Å². The molecule has 1 aromatic rings. The third-order valence-electron chi connectivity index (χ3n) is 4.95. The second-order valence-electron chi connectivity index (χ2n) is 6.11. The van der Waals surface area contributed by atoms with Crippen LogP contribution >= 0.6 is 0 Å². The van der Waals surface area contributed by atoms with Gasteiger partial charge in [-0.25, -0.2) is 17.6 Å². The smallest absolute Gasteiger partial charge is 0.309 e. The SMILES string of the molecule is COC(=O)[C@H]1C[C@@H]2[C@@H](OCC2(F)F)[C@H]1c1ccc(F)c(F)c1C. The minimum atomic E-state index is -3.04. The molecule has 2 aliphatic rings. The fourth-order valence-corrected chi connectivity index (χ4v) is 3.80. The highest BCUT2D eigenvalue weighted by Crippen LogP contribution is 2.55. The molecule has 3 rings (SSSR count). The highest BCUT2D eigenvalue weighted by Gasteiger charge is 2.62. The molecule has 1 saturated carbocycles. The molecule has 126 valence electrons. The van der Waals surface area contributed by atoms with Crippen molar-refractivity contribution in [1.29, 1.82) is 0 Å². The van der Waals surface area contributed by atoms with E-state index in [9.17, 15) is 22.4 Å². The zero-order valence-electron chi connectivity index (χ0n) is 12.6. The van der Waals surface area contributed by atoms with Crippen LogP contribution in [-0.4, -0.2) is 31.7 Å². The predicted octanol–water partition coefficient (Wildman–Crippen LogP) is 3.20. The van der Waals surface area contributed by atoms with Gasteiger partial charge in [0.15, 0.2) is 11.6 Å². The van der Waals surface area contributed by atoms with Gasteiger partial charge in [-0.1, -0.05) is 6.07 Å². The average molecular weight is 332 g/mol. The van der Waals surface area contributed by atoms with E-state index >= 15 is 0 Å². The Bertz CT molecular complexity index is 646. The maximum Gasteiger partial charge on any atom is 0.309 e. The number of carbonyl (C=O) groups excluding carboxylic acids is 1. The fraction of sp³-hybridized carbons (Fsp3) is 0.562. The number of rotatable bonds is 2. The third kappa shape index (κ3) is 2.41. The molecule has 7 heteroatoms. The molecule has 0 unspecified atom stereocenters. The molecule has 1 saturated heterocycles. The van der Waals surface area contributed by atoms with Crippen molar-refractivity contribution >= 4 is 5.97 Å². The second-order valence-corrected chi connectivity index (χ2v) is 6.11. The summed E-state index contributed by atoms with van der Waals surface area (Å²) in [7, 11) is 1.17. The summed E-state index contributed by atoms with van der Waals surface area (Å²) in [5.74, 6) is -8.54. The number of methoxy groups -OCH3 is 1. The minimum absolute atomic E-state index is 0.00312. The Morgan fingerprint density at radius 3 is 2.70 bits per heavy atom. The summed E-state index contributed by atoms with van der Waals surface area (Å²) in [6.45, 7) is 0.637. The van der Waals surface area contributed by atoms with E-state index in [0.717, 1.165) is 6.07 Å². The van der Waals surface area contributed by atoms with Crippen LogP contribution in [0.15, 0.2) is 12.1 Å². The summed E-state index contributed by atoms with van der Waals surface area (Å²) in [6.07, 6.45) is -1.02. The molecule has 1 aromatic carbocycles. The van der Waals surface area contributed by atoms with Crippen molar-refractivity contribution in [3.05, 3.63) is 34.9 Å². The summed E-state index contributed by atoms with van der Waals surface area (Å²) < 4.78 is 65.1. The maximum absolute atomic E-state index is 14.0. The molecule has 0 N–H and O–H groups in total. The van der Waals surface area contributed by atoms with E-state index in [4.69, 9.17) is 9.47 Å². The van der Waals surface area contributed by atoms with Crippen molar-refractivity contribution in [2.75, 3.05) is 13.7 Å². The van der Waals surface area contributed by atoms with Gasteiger partial charge in [0, 0.05) is 5.92 Å². The number of esters is 1. The Hall–Kier alpha value is -1.63. The van der Waals surface area contributed by atoms with E-state index in [1.165, 1.54) is 20.1 Å². The Labute approximate surface area is 130 Å². The van der Waals surface area contributed by atoms with Gasteiger partial charge in [0.25, 0.3) is 5.92 Å². The van der Waals surface area contributed by atoms with E-state index in [1.807, 2.05) is 0 Å². The van der Waals surface area contributed by atoms with E-state index in [0.29, 0.717) is 5.56 Å². The Morgan fingerprint density at radius 1 is 1.35 bits per heavy atom. The van der Waals surface area contributed by atoms with E-state index in [2.05, 4.69) is 0 Å². The Morgan fingerprint density at radius 2 is 2.04 bits per heavy atom. The van der Waals surface area contributed by atoms with Crippen LogP contribution in [0.25, 0.3) is 0 Å². The van der Waals surface area contributed by atoms with Gasteiger partial charge in [-0.3, -0.25) is 4.79 Å². The van der Waals surface area contributed by atoms with Crippen molar-refractivity contribution in [1.82, 2.24) is 0 Å². The lowest BCUT2D eigenvalue weighted by Gasteiger charge is -2.24. The monoisotopic (exact) mass is 332 g/mol. The number of hydrogen-bond donors (Lipinski definition) is 0. The average Bonchev–Trinajstić information content (AvgIpc) is 3.03. The van der Waals surface area contributed by atoms with Crippen molar-refractivity contribution in [3.63, 3.8) is 0 Å². The summed E-state index contributed by atoms with van der Waals surface area (Å²) in [5.41, 5.74) is 0.313. The summed E-state index contributed by atoms with van der Waals surface area (Å²) in [6, 6.07) is 2.27. The summed E-state index contributed by atoms with van der Waals surface area (Å²) >= 11 is 0. The molecule has 0 spiro atoms. The van der Waals surface area contributed by atoms with Crippen LogP contribution in [-0.2, 0) is 14.3 Å². The van der Waals surface area contributed by atoms with E-state index in [-0.39, 0.29) is 12.0 Å². The fourth-order valence-electron chi connectivity index (χ4n) is 3.80. The normalized spacial score (nSPS) is 31.9. The first-order valence-corrected chi connectivity index (χ1v) is 7.29. The maximum atomic E-state index is 14.0. The molecule has 0 bridgehead atoms. The number of benzene rings is 1. The molecule has 0 aromatic heterocycles. The molecular formula is C16H16F4O3. The standard InChI is InChI=1S/C16H16F4O3/c1-7-8(3-4-11(17)13(7)18)12-9(15(21)22-2)5-10-14(12)23-6-16(10,19)20/h3-4,9-10,12,14H,5-6H2,1-2H3/t9-,10+,12-,14+/m0/s1.